The number of amides is 2. The lowest BCUT2D eigenvalue weighted by molar-refractivity contribution is -0.118. The number of anilines is 2. The first kappa shape index (κ1) is 26.9. The Morgan fingerprint density at radius 3 is 2.37 bits per heavy atom. The van der Waals surface area contributed by atoms with Gasteiger partial charge in [0, 0.05) is 27.2 Å². The van der Waals surface area contributed by atoms with E-state index in [1.165, 1.54) is 11.3 Å². The molecule has 2 amide bonds. The largest absolute Gasteiger partial charge is 0.484 e. The Hall–Kier alpha value is -4.14. The van der Waals surface area contributed by atoms with E-state index in [0.29, 0.717) is 38.2 Å². The fourth-order valence-corrected chi connectivity index (χ4v) is 4.79. The van der Waals surface area contributed by atoms with Crippen molar-refractivity contribution in [2.45, 2.75) is 13.8 Å². The smallest absolute Gasteiger partial charge is 0.341 e. The second kappa shape index (κ2) is 12.4. The number of ether oxygens (including phenoxy) is 2. The van der Waals surface area contributed by atoms with Crippen LogP contribution in [-0.2, 0) is 9.53 Å². The van der Waals surface area contributed by atoms with Gasteiger partial charge in [-0.25, -0.2) is 4.79 Å². The van der Waals surface area contributed by atoms with Crippen LogP contribution in [0.4, 0.5) is 10.7 Å². The molecule has 9 heteroatoms. The molecule has 1 aromatic heterocycles. The van der Waals surface area contributed by atoms with Crippen LogP contribution in [0.5, 0.6) is 5.75 Å². The highest BCUT2D eigenvalue weighted by Gasteiger charge is 2.23. The maximum atomic E-state index is 12.7. The highest BCUT2D eigenvalue weighted by atomic mass is 35.5. The Kier molecular flexibility index (Phi) is 8.78. The SMILES string of the molecule is CCOC(=O)c1c(-c2ccccc2)csc1NC(=O)COc1ccc(C(=O)Nc2cccc(Cl)c2C)cc1. The van der Waals surface area contributed by atoms with Crippen LogP contribution in [0.15, 0.2) is 78.2 Å². The summed E-state index contributed by atoms with van der Waals surface area (Å²) in [5.41, 5.74) is 3.67. The van der Waals surface area contributed by atoms with E-state index in [1.54, 1.807) is 49.4 Å². The molecule has 0 fully saturated rings. The zero-order valence-electron chi connectivity index (χ0n) is 20.7. The van der Waals surface area contributed by atoms with Gasteiger partial charge in [-0.1, -0.05) is 48.0 Å². The zero-order valence-corrected chi connectivity index (χ0v) is 22.3. The van der Waals surface area contributed by atoms with Crippen molar-refractivity contribution in [1.29, 1.82) is 0 Å². The molecule has 0 unspecified atom stereocenters. The third-order valence-corrected chi connectivity index (χ3v) is 6.92. The van der Waals surface area contributed by atoms with Gasteiger partial charge < -0.3 is 20.1 Å². The zero-order chi connectivity index (χ0) is 27.1. The first-order valence-electron chi connectivity index (χ1n) is 11.8. The molecule has 0 aliphatic heterocycles. The number of nitrogens with one attached hydrogen (secondary N) is 2. The maximum Gasteiger partial charge on any atom is 0.341 e. The number of benzene rings is 3. The first-order chi connectivity index (χ1) is 18.4. The second-order valence-corrected chi connectivity index (χ2v) is 9.45. The normalized spacial score (nSPS) is 10.5. The molecule has 0 bridgehead atoms. The fourth-order valence-electron chi connectivity index (χ4n) is 3.64. The predicted molar refractivity (Wildman–Crippen MR) is 150 cm³/mol. The number of thiophene rings is 1. The van der Waals surface area contributed by atoms with Crippen molar-refractivity contribution in [3.8, 4) is 16.9 Å². The summed E-state index contributed by atoms with van der Waals surface area (Å²) in [4.78, 5) is 37.9. The second-order valence-electron chi connectivity index (χ2n) is 8.17. The number of halogens is 1. The van der Waals surface area contributed by atoms with E-state index < -0.39 is 11.9 Å². The molecule has 0 aliphatic rings. The molecular weight excluding hydrogens is 524 g/mol. The molecule has 7 nitrogen and oxygen atoms in total. The van der Waals surface area contributed by atoms with Crippen LogP contribution < -0.4 is 15.4 Å². The summed E-state index contributed by atoms with van der Waals surface area (Å²) in [6, 6.07) is 21.1. The van der Waals surface area contributed by atoms with Gasteiger partial charge in [0.1, 0.15) is 16.3 Å². The van der Waals surface area contributed by atoms with Crippen LogP contribution in [0.25, 0.3) is 11.1 Å². The Labute approximate surface area is 229 Å². The average molecular weight is 549 g/mol. The average Bonchev–Trinajstić information content (AvgIpc) is 3.34. The number of carbonyl (C=O) groups excluding carboxylic acids is 3. The highest BCUT2D eigenvalue weighted by Crippen LogP contribution is 2.36. The Balaban J connectivity index is 1.39. The van der Waals surface area contributed by atoms with Crippen molar-refractivity contribution >= 4 is 51.4 Å². The predicted octanol–water partition coefficient (Wildman–Crippen LogP) is 6.82. The van der Waals surface area contributed by atoms with Crippen LogP contribution in [0.3, 0.4) is 0 Å². The fraction of sp³-hybridized carbons (Fsp3) is 0.138. The van der Waals surface area contributed by atoms with Crippen molar-refractivity contribution in [3.05, 3.63) is 99.9 Å². The van der Waals surface area contributed by atoms with Crippen molar-refractivity contribution in [2.24, 2.45) is 0 Å². The summed E-state index contributed by atoms with van der Waals surface area (Å²) in [5, 5.41) is 8.36. The number of hydrogen-bond donors (Lipinski definition) is 2. The minimum absolute atomic E-state index is 0.214. The van der Waals surface area contributed by atoms with E-state index in [0.717, 1.165) is 11.1 Å². The molecule has 3 aromatic carbocycles. The molecule has 0 saturated carbocycles. The van der Waals surface area contributed by atoms with Crippen molar-refractivity contribution in [3.63, 3.8) is 0 Å². The van der Waals surface area contributed by atoms with Gasteiger partial charge in [-0.3, -0.25) is 9.59 Å². The van der Waals surface area contributed by atoms with Crippen LogP contribution in [0, 0.1) is 6.92 Å². The number of rotatable bonds is 9. The van der Waals surface area contributed by atoms with Crippen molar-refractivity contribution in [1.82, 2.24) is 0 Å². The molecule has 0 radical (unpaired) electrons. The lowest BCUT2D eigenvalue weighted by Gasteiger charge is -2.11. The van der Waals surface area contributed by atoms with Gasteiger partial charge in [0.15, 0.2) is 6.61 Å². The third kappa shape index (κ3) is 6.40. The molecule has 4 aromatic rings. The van der Waals surface area contributed by atoms with Gasteiger partial charge in [0.25, 0.3) is 11.8 Å². The molecule has 2 N–H and O–H groups in total. The van der Waals surface area contributed by atoms with Crippen LogP contribution in [0.1, 0.15) is 33.2 Å². The summed E-state index contributed by atoms with van der Waals surface area (Å²) in [5.74, 6) is -0.823. The van der Waals surface area contributed by atoms with Crippen molar-refractivity contribution < 1.29 is 23.9 Å². The van der Waals surface area contributed by atoms with Crippen LogP contribution in [0.2, 0.25) is 5.02 Å². The molecule has 0 atom stereocenters. The standard InChI is InChI=1S/C29H25ClN2O5S/c1-3-36-29(35)26-22(19-8-5-4-6-9-19)17-38-28(26)32-25(33)16-37-21-14-12-20(13-15-21)27(34)31-24-11-7-10-23(30)18(24)2/h4-15,17H,3,16H2,1-2H3,(H,31,34)(H,32,33). The molecule has 194 valence electrons. The molecule has 1 heterocycles. The van der Waals surface area contributed by atoms with Crippen molar-refractivity contribution in [2.75, 3.05) is 23.8 Å². The minimum atomic E-state index is -0.509. The quantitative estimate of drug-likeness (QED) is 0.224. The van der Waals surface area contributed by atoms with Gasteiger partial charge >= 0.3 is 5.97 Å². The highest BCUT2D eigenvalue weighted by molar-refractivity contribution is 7.15. The van der Waals surface area contributed by atoms with Gasteiger partial charge in [-0.15, -0.1) is 11.3 Å². The molecule has 0 spiro atoms. The van der Waals surface area contributed by atoms with E-state index >= 15 is 0 Å². The van der Waals surface area contributed by atoms with Gasteiger partial charge in [0.05, 0.1) is 6.61 Å². The number of hydrogen-bond acceptors (Lipinski definition) is 6. The molecular formula is C29H25ClN2O5S. The van der Waals surface area contributed by atoms with E-state index in [1.807, 2.05) is 42.6 Å². The lowest BCUT2D eigenvalue weighted by Crippen LogP contribution is -2.21. The van der Waals surface area contributed by atoms with E-state index in [-0.39, 0.29) is 19.1 Å². The van der Waals surface area contributed by atoms with E-state index in [4.69, 9.17) is 21.1 Å². The van der Waals surface area contributed by atoms with Crippen LogP contribution in [-0.4, -0.2) is 31.0 Å². The summed E-state index contributed by atoms with van der Waals surface area (Å²) in [6.07, 6.45) is 0. The van der Waals surface area contributed by atoms with E-state index in [9.17, 15) is 14.4 Å². The summed E-state index contributed by atoms with van der Waals surface area (Å²) in [6.45, 7) is 3.49. The van der Waals surface area contributed by atoms with Crippen LogP contribution >= 0.6 is 22.9 Å². The van der Waals surface area contributed by atoms with Gasteiger partial charge in [0.2, 0.25) is 0 Å². The number of esters is 1. The lowest BCUT2D eigenvalue weighted by atomic mass is 10.0. The van der Waals surface area contributed by atoms with Gasteiger partial charge in [-0.05, 0) is 61.4 Å². The maximum absolute atomic E-state index is 12.7. The first-order valence-corrected chi connectivity index (χ1v) is 13.1. The molecule has 4 rings (SSSR count). The summed E-state index contributed by atoms with van der Waals surface area (Å²) in [7, 11) is 0. The third-order valence-electron chi connectivity index (χ3n) is 5.61. The Morgan fingerprint density at radius 2 is 1.66 bits per heavy atom. The van der Waals surface area contributed by atoms with E-state index in [2.05, 4.69) is 10.6 Å². The summed E-state index contributed by atoms with van der Waals surface area (Å²) >= 11 is 7.36. The van der Waals surface area contributed by atoms with Gasteiger partial charge in [-0.2, -0.15) is 0 Å². The minimum Gasteiger partial charge on any atom is -0.484 e. The summed E-state index contributed by atoms with van der Waals surface area (Å²) < 4.78 is 10.8. The number of carbonyl (C=O) groups is 3. The topological polar surface area (TPSA) is 93.7 Å². The molecule has 38 heavy (non-hydrogen) atoms. The Morgan fingerprint density at radius 1 is 0.921 bits per heavy atom. The monoisotopic (exact) mass is 548 g/mol. The molecule has 0 aliphatic carbocycles. The Bertz CT molecular complexity index is 1450. The molecule has 0 saturated heterocycles.